The first kappa shape index (κ1) is 13.2. The van der Waals surface area contributed by atoms with Crippen LogP contribution in [0.25, 0.3) is 0 Å². The molecule has 1 atom stereocenters. The summed E-state index contributed by atoms with van der Waals surface area (Å²) in [7, 11) is 1.99. The van der Waals surface area contributed by atoms with E-state index in [2.05, 4.69) is 25.9 Å². The molecule has 0 fully saturated rings. The van der Waals surface area contributed by atoms with Gasteiger partial charge >= 0.3 is 0 Å². The maximum absolute atomic E-state index is 6.16. The summed E-state index contributed by atoms with van der Waals surface area (Å²) >= 11 is 0. The van der Waals surface area contributed by atoms with Crippen molar-refractivity contribution in [1.29, 1.82) is 0 Å². The lowest BCUT2D eigenvalue weighted by Crippen LogP contribution is -2.23. The Balaban J connectivity index is 2.52. The second-order valence-electron chi connectivity index (χ2n) is 4.73. The van der Waals surface area contributed by atoms with Crippen molar-refractivity contribution in [3.05, 3.63) is 17.0 Å². The number of hydrogen-bond donors (Lipinski definition) is 1. The van der Waals surface area contributed by atoms with Gasteiger partial charge in [-0.05, 0) is 32.3 Å². The number of aromatic nitrogens is 2. The first-order chi connectivity index (χ1) is 7.56. The van der Waals surface area contributed by atoms with Crippen LogP contribution in [0.15, 0.2) is 0 Å². The van der Waals surface area contributed by atoms with Gasteiger partial charge in [-0.2, -0.15) is 5.10 Å². The van der Waals surface area contributed by atoms with Gasteiger partial charge in [0.25, 0.3) is 0 Å². The van der Waals surface area contributed by atoms with Gasteiger partial charge in [0.15, 0.2) is 0 Å². The molecule has 3 heteroatoms. The van der Waals surface area contributed by atoms with Gasteiger partial charge in [0.1, 0.15) is 0 Å². The first-order valence-electron chi connectivity index (χ1n) is 6.30. The normalized spacial score (nSPS) is 13.1. The molecule has 1 heterocycles. The van der Waals surface area contributed by atoms with Crippen LogP contribution in [0.5, 0.6) is 0 Å². The van der Waals surface area contributed by atoms with Gasteiger partial charge in [0, 0.05) is 18.8 Å². The predicted octanol–water partition coefficient (Wildman–Crippen LogP) is 2.49. The zero-order valence-corrected chi connectivity index (χ0v) is 11.1. The van der Waals surface area contributed by atoms with E-state index in [1.165, 1.54) is 30.5 Å². The Kier molecular flexibility index (Phi) is 5.00. The maximum atomic E-state index is 6.16. The summed E-state index contributed by atoms with van der Waals surface area (Å²) in [5.41, 5.74) is 9.88. The van der Waals surface area contributed by atoms with E-state index in [1.54, 1.807) is 0 Å². The molecule has 1 rings (SSSR count). The third-order valence-electron chi connectivity index (χ3n) is 3.30. The van der Waals surface area contributed by atoms with Crippen molar-refractivity contribution >= 4 is 0 Å². The van der Waals surface area contributed by atoms with Crippen molar-refractivity contribution in [3.8, 4) is 0 Å². The van der Waals surface area contributed by atoms with Gasteiger partial charge in [-0.1, -0.05) is 26.2 Å². The van der Waals surface area contributed by atoms with Gasteiger partial charge in [-0.15, -0.1) is 0 Å². The second-order valence-corrected chi connectivity index (χ2v) is 4.73. The van der Waals surface area contributed by atoms with Crippen molar-refractivity contribution in [2.45, 2.75) is 58.9 Å². The highest BCUT2D eigenvalue weighted by atomic mass is 15.3. The molecule has 2 N–H and O–H groups in total. The zero-order valence-electron chi connectivity index (χ0n) is 11.1. The highest BCUT2D eigenvalue weighted by molar-refractivity contribution is 5.25. The lowest BCUT2D eigenvalue weighted by Gasteiger charge is -2.11. The van der Waals surface area contributed by atoms with Gasteiger partial charge in [-0.25, -0.2) is 0 Å². The summed E-state index contributed by atoms with van der Waals surface area (Å²) < 4.78 is 1.95. The molecule has 0 aromatic carbocycles. The molecule has 1 aromatic rings. The number of hydrogen-bond acceptors (Lipinski definition) is 2. The summed E-state index contributed by atoms with van der Waals surface area (Å²) in [5.74, 6) is 0. The van der Waals surface area contributed by atoms with Gasteiger partial charge in [-0.3, -0.25) is 4.68 Å². The average Bonchev–Trinajstić information content (AvgIpc) is 2.46. The molecule has 16 heavy (non-hydrogen) atoms. The largest absolute Gasteiger partial charge is 0.327 e. The molecule has 1 unspecified atom stereocenters. The summed E-state index contributed by atoms with van der Waals surface area (Å²) in [4.78, 5) is 0. The highest BCUT2D eigenvalue weighted by Gasteiger charge is 2.12. The van der Waals surface area contributed by atoms with Gasteiger partial charge in [0.2, 0.25) is 0 Å². The molecular weight excluding hydrogens is 198 g/mol. The van der Waals surface area contributed by atoms with Gasteiger partial charge < -0.3 is 5.73 Å². The van der Waals surface area contributed by atoms with E-state index in [0.29, 0.717) is 0 Å². The van der Waals surface area contributed by atoms with Crippen molar-refractivity contribution in [2.24, 2.45) is 12.8 Å². The molecule has 92 valence electrons. The smallest absolute Gasteiger partial charge is 0.0628 e. The Labute approximate surface area is 99.0 Å². The average molecular weight is 223 g/mol. The first-order valence-corrected chi connectivity index (χ1v) is 6.30. The SMILES string of the molecule is CCCCCC(N)Cc1c(C)nn(C)c1C. The molecule has 0 aliphatic carbocycles. The molecule has 0 aliphatic rings. The summed E-state index contributed by atoms with van der Waals surface area (Å²) in [6.45, 7) is 6.41. The minimum Gasteiger partial charge on any atom is -0.327 e. The molecule has 1 aromatic heterocycles. The van der Waals surface area contributed by atoms with Crippen molar-refractivity contribution in [1.82, 2.24) is 9.78 Å². The summed E-state index contributed by atoms with van der Waals surface area (Å²) in [5, 5.41) is 4.42. The van der Waals surface area contributed by atoms with Crippen molar-refractivity contribution in [3.63, 3.8) is 0 Å². The standard InChI is InChI=1S/C13H25N3/c1-5-6-7-8-12(14)9-13-10(2)15-16(4)11(13)3/h12H,5-9,14H2,1-4H3. The number of rotatable bonds is 6. The van der Waals surface area contributed by atoms with E-state index in [9.17, 15) is 0 Å². The van der Waals surface area contributed by atoms with Crippen molar-refractivity contribution < 1.29 is 0 Å². The molecule has 0 aliphatic heterocycles. The summed E-state index contributed by atoms with van der Waals surface area (Å²) in [6.07, 6.45) is 5.89. The molecule has 3 nitrogen and oxygen atoms in total. The molecule has 0 saturated heterocycles. The fourth-order valence-corrected chi connectivity index (χ4v) is 2.13. The van der Waals surface area contributed by atoms with Crippen LogP contribution in [0.4, 0.5) is 0 Å². The van der Waals surface area contributed by atoms with Crippen LogP contribution in [0.1, 0.15) is 49.6 Å². The van der Waals surface area contributed by atoms with E-state index >= 15 is 0 Å². The number of unbranched alkanes of at least 4 members (excludes halogenated alkanes) is 2. The predicted molar refractivity (Wildman–Crippen MR) is 68.5 cm³/mol. The third-order valence-corrected chi connectivity index (χ3v) is 3.30. The Hall–Kier alpha value is -0.830. The van der Waals surface area contributed by atoms with Crippen LogP contribution in [0.3, 0.4) is 0 Å². The number of nitrogens with zero attached hydrogens (tertiary/aromatic N) is 2. The van der Waals surface area contributed by atoms with E-state index in [0.717, 1.165) is 18.5 Å². The molecular formula is C13H25N3. The summed E-state index contributed by atoms with van der Waals surface area (Å²) in [6, 6.07) is 0.285. The third kappa shape index (κ3) is 3.34. The second kappa shape index (κ2) is 6.04. The van der Waals surface area contributed by atoms with Crippen LogP contribution in [-0.4, -0.2) is 15.8 Å². The van der Waals surface area contributed by atoms with Crippen LogP contribution in [0, 0.1) is 13.8 Å². The van der Waals surface area contributed by atoms with Gasteiger partial charge in [0.05, 0.1) is 5.69 Å². The fourth-order valence-electron chi connectivity index (χ4n) is 2.13. The van der Waals surface area contributed by atoms with Crippen molar-refractivity contribution in [2.75, 3.05) is 0 Å². The monoisotopic (exact) mass is 223 g/mol. The highest BCUT2D eigenvalue weighted by Crippen LogP contribution is 2.15. The molecule has 0 radical (unpaired) electrons. The van der Waals surface area contributed by atoms with E-state index in [4.69, 9.17) is 5.73 Å². The fraction of sp³-hybridized carbons (Fsp3) is 0.769. The lowest BCUT2D eigenvalue weighted by molar-refractivity contribution is 0.555. The minimum absolute atomic E-state index is 0.285. The molecule has 0 bridgehead atoms. The molecule has 0 spiro atoms. The Morgan fingerprint density at radius 3 is 2.50 bits per heavy atom. The van der Waals surface area contributed by atoms with Crippen LogP contribution in [0.2, 0.25) is 0 Å². The Morgan fingerprint density at radius 2 is 2.00 bits per heavy atom. The Morgan fingerprint density at radius 1 is 1.31 bits per heavy atom. The minimum atomic E-state index is 0.285. The maximum Gasteiger partial charge on any atom is 0.0628 e. The lowest BCUT2D eigenvalue weighted by atomic mass is 10.00. The van der Waals surface area contributed by atoms with E-state index in [-0.39, 0.29) is 6.04 Å². The van der Waals surface area contributed by atoms with E-state index in [1.807, 2.05) is 11.7 Å². The molecule has 0 amide bonds. The number of aryl methyl sites for hydroxylation is 2. The topological polar surface area (TPSA) is 43.8 Å². The number of nitrogens with two attached hydrogens (primary N) is 1. The van der Waals surface area contributed by atoms with Crippen LogP contribution in [-0.2, 0) is 13.5 Å². The van der Waals surface area contributed by atoms with Crippen LogP contribution < -0.4 is 5.73 Å². The molecule has 0 saturated carbocycles. The quantitative estimate of drug-likeness (QED) is 0.753. The zero-order chi connectivity index (χ0) is 12.1. The Bertz CT molecular complexity index is 328. The van der Waals surface area contributed by atoms with Crippen LogP contribution >= 0.6 is 0 Å². The van der Waals surface area contributed by atoms with E-state index < -0.39 is 0 Å².